The number of ether oxygens (including phenoxy) is 1. The Hall–Kier alpha value is -1.62. The van der Waals surface area contributed by atoms with Crippen LogP contribution in [0.25, 0.3) is 0 Å². The summed E-state index contributed by atoms with van der Waals surface area (Å²) in [5.41, 5.74) is 0.534. The molecule has 2 rings (SSSR count). The fourth-order valence-electron chi connectivity index (χ4n) is 2.12. The molecule has 1 aliphatic rings. The Morgan fingerprint density at radius 1 is 1.56 bits per heavy atom. The Kier molecular flexibility index (Phi) is 3.81. The summed E-state index contributed by atoms with van der Waals surface area (Å²) in [4.78, 5) is 13.6. The highest BCUT2D eigenvalue weighted by atomic mass is 19.1. The zero-order chi connectivity index (χ0) is 13.1. The quantitative estimate of drug-likeness (QED) is 0.887. The minimum Gasteiger partial charge on any atom is -0.494 e. The van der Waals surface area contributed by atoms with Gasteiger partial charge in [-0.1, -0.05) is 0 Å². The maximum atomic E-state index is 13.6. The summed E-state index contributed by atoms with van der Waals surface area (Å²) in [7, 11) is 3.07. The van der Waals surface area contributed by atoms with Crippen LogP contribution in [0.3, 0.4) is 0 Å². The molecule has 1 atom stereocenters. The number of rotatable bonds is 3. The minimum absolute atomic E-state index is 0.0305. The topological polar surface area (TPSA) is 41.6 Å². The summed E-state index contributed by atoms with van der Waals surface area (Å²) in [6.07, 6.45) is 1.84. The minimum atomic E-state index is -0.464. The summed E-state index contributed by atoms with van der Waals surface area (Å²) in [5, 5.41) is 3.13. The van der Waals surface area contributed by atoms with Crippen LogP contribution < -0.4 is 15.0 Å². The molecule has 1 heterocycles. The van der Waals surface area contributed by atoms with Gasteiger partial charge in [0.25, 0.3) is 0 Å². The molecular weight excluding hydrogens is 235 g/mol. The number of likely N-dealkylation sites (N-methyl/N-ethyl adjacent to an activating group) is 1. The van der Waals surface area contributed by atoms with Gasteiger partial charge >= 0.3 is 0 Å². The smallest absolute Gasteiger partial charge is 0.243 e. The molecule has 0 aromatic heterocycles. The van der Waals surface area contributed by atoms with Gasteiger partial charge in [0.15, 0.2) is 11.6 Å². The first-order chi connectivity index (χ1) is 8.63. The van der Waals surface area contributed by atoms with Gasteiger partial charge < -0.3 is 15.0 Å². The predicted octanol–water partition coefficient (Wildman–Crippen LogP) is 1.55. The van der Waals surface area contributed by atoms with Crippen molar-refractivity contribution in [1.82, 2.24) is 5.32 Å². The third-order valence-corrected chi connectivity index (χ3v) is 3.21. The molecule has 1 aliphatic heterocycles. The molecule has 5 heteroatoms. The van der Waals surface area contributed by atoms with Crippen LogP contribution in [0, 0.1) is 5.82 Å². The Bertz CT molecular complexity index is 445. The molecule has 1 unspecified atom stereocenters. The molecule has 0 aliphatic carbocycles. The van der Waals surface area contributed by atoms with E-state index >= 15 is 0 Å². The van der Waals surface area contributed by atoms with E-state index in [1.807, 2.05) is 0 Å². The first-order valence-corrected chi connectivity index (χ1v) is 5.98. The zero-order valence-electron chi connectivity index (χ0n) is 10.6. The predicted molar refractivity (Wildman–Crippen MR) is 67.4 cm³/mol. The second-order valence-electron chi connectivity index (χ2n) is 4.37. The molecule has 1 saturated heterocycles. The van der Waals surface area contributed by atoms with Crippen molar-refractivity contribution < 1.29 is 13.9 Å². The van der Waals surface area contributed by atoms with Gasteiger partial charge in [-0.15, -0.1) is 0 Å². The molecule has 1 aromatic rings. The van der Waals surface area contributed by atoms with Crippen LogP contribution in [0.15, 0.2) is 18.2 Å². The van der Waals surface area contributed by atoms with E-state index in [-0.39, 0.29) is 17.7 Å². The third-order valence-electron chi connectivity index (χ3n) is 3.21. The van der Waals surface area contributed by atoms with Crippen molar-refractivity contribution in [3.63, 3.8) is 0 Å². The molecule has 98 valence electrons. The van der Waals surface area contributed by atoms with Gasteiger partial charge in [-0.2, -0.15) is 0 Å². The van der Waals surface area contributed by atoms with Gasteiger partial charge in [0.1, 0.15) is 0 Å². The molecule has 0 radical (unpaired) electrons. The highest BCUT2D eigenvalue weighted by molar-refractivity contribution is 5.96. The summed E-state index contributed by atoms with van der Waals surface area (Å²) >= 11 is 0. The SMILES string of the molecule is COc1ccc(N(C)C(=O)C2CCCN2)cc1F. The molecule has 1 amide bonds. The highest BCUT2D eigenvalue weighted by Gasteiger charge is 2.25. The molecule has 0 saturated carbocycles. The van der Waals surface area contributed by atoms with Gasteiger partial charge in [-0.25, -0.2) is 4.39 Å². The zero-order valence-corrected chi connectivity index (χ0v) is 10.6. The summed E-state index contributed by atoms with van der Waals surface area (Å²) < 4.78 is 18.4. The molecular formula is C13H17FN2O2. The lowest BCUT2D eigenvalue weighted by Gasteiger charge is -2.21. The molecule has 0 bridgehead atoms. The van der Waals surface area contributed by atoms with Crippen molar-refractivity contribution in [2.24, 2.45) is 0 Å². The van der Waals surface area contributed by atoms with Gasteiger partial charge in [0.2, 0.25) is 5.91 Å². The van der Waals surface area contributed by atoms with E-state index in [1.54, 1.807) is 13.1 Å². The van der Waals surface area contributed by atoms with E-state index in [0.29, 0.717) is 5.69 Å². The van der Waals surface area contributed by atoms with Crippen molar-refractivity contribution in [3.05, 3.63) is 24.0 Å². The van der Waals surface area contributed by atoms with Crippen molar-refractivity contribution >= 4 is 11.6 Å². The standard InChI is InChI=1S/C13H17FN2O2/c1-16(13(17)11-4-3-7-15-11)9-5-6-12(18-2)10(14)8-9/h5-6,8,11,15H,3-4,7H2,1-2H3. The van der Waals surface area contributed by atoms with Crippen LogP contribution in [-0.2, 0) is 4.79 Å². The lowest BCUT2D eigenvalue weighted by atomic mass is 10.2. The number of amides is 1. The molecule has 1 fully saturated rings. The summed E-state index contributed by atoms with van der Waals surface area (Å²) in [6, 6.07) is 4.36. The number of nitrogens with one attached hydrogen (secondary N) is 1. The highest BCUT2D eigenvalue weighted by Crippen LogP contribution is 2.23. The van der Waals surface area contributed by atoms with E-state index in [4.69, 9.17) is 4.74 Å². The van der Waals surface area contributed by atoms with Gasteiger partial charge in [-0.3, -0.25) is 4.79 Å². The maximum absolute atomic E-state index is 13.6. The first-order valence-electron chi connectivity index (χ1n) is 5.98. The number of halogens is 1. The number of carbonyl (C=O) groups excluding carboxylic acids is 1. The lowest BCUT2D eigenvalue weighted by Crippen LogP contribution is -2.41. The monoisotopic (exact) mass is 252 g/mol. The van der Waals surface area contributed by atoms with Crippen LogP contribution in [0.5, 0.6) is 5.75 Å². The van der Waals surface area contributed by atoms with E-state index in [2.05, 4.69) is 5.32 Å². The summed E-state index contributed by atoms with van der Waals surface area (Å²) in [5.74, 6) is -0.315. The number of anilines is 1. The average molecular weight is 252 g/mol. The van der Waals surface area contributed by atoms with E-state index in [9.17, 15) is 9.18 Å². The first kappa shape index (κ1) is 12.8. The fourth-order valence-corrected chi connectivity index (χ4v) is 2.12. The number of carbonyl (C=O) groups is 1. The normalized spacial score (nSPS) is 18.7. The van der Waals surface area contributed by atoms with E-state index in [0.717, 1.165) is 19.4 Å². The fraction of sp³-hybridized carbons (Fsp3) is 0.462. The largest absolute Gasteiger partial charge is 0.494 e. The van der Waals surface area contributed by atoms with E-state index in [1.165, 1.54) is 24.1 Å². The van der Waals surface area contributed by atoms with E-state index < -0.39 is 5.82 Å². The van der Waals surface area contributed by atoms with Crippen molar-refractivity contribution in [2.75, 3.05) is 25.6 Å². The van der Waals surface area contributed by atoms with Crippen LogP contribution in [0.2, 0.25) is 0 Å². The van der Waals surface area contributed by atoms with Crippen molar-refractivity contribution in [3.8, 4) is 5.75 Å². The molecule has 1 N–H and O–H groups in total. The molecule has 1 aromatic carbocycles. The Labute approximate surface area is 106 Å². The number of nitrogens with zero attached hydrogens (tertiary/aromatic N) is 1. The van der Waals surface area contributed by atoms with Crippen molar-refractivity contribution in [1.29, 1.82) is 0 Å². The third kappa shape index (κ3) is 2.46. The molecule has 4 nitrogen and oxygen atoms in total. The van der Waals surface area contributed by atoms with Gasteiger partial charge in [0, 0.05) is 18.8 Å². The maximum Gasteiger partial charge on any atom is 0.243 e. The molecule has 0 spiro atoms. The van der Waals surface area contributed by atoms with Crippen LogP contribution in [-0.4, -0.2) is 32.7 Å². The number of benzene rings is 1. The van der Waals surface area contributed by atoms with Gasteiger partial charge in [-0.05, 0) is 31.5 Å². The van der Waals surface area contributed by atoms with Crippen molar-refractivity contribution in [2.45, 2.75) is 18.9 Å². The van der Waals surface area contributed by atoms with Crippen LogP contribution in [0.1, 0.15) is 12.8 Å². The number of hydrogen-bond donors (Lipinski definition) is 1. The van der Waals surface area contributed by atoms with Gasteiger partial charge in [0.05, 0.1) is 13.2 Å². The number of hydrogen-bond acceptors (Lipinski definition) is 3. The Balaban J connectivity index is 2.15. The second kappa shape index (κ2) is 5.35. The Morgan fingerprint density at radius 2 is 2.33 bits per heavy atom. The Morgan fingerprint density at radius 3 is 2.89 bits per heavy atom. The second-order valence-corrected chi connectivity index (χ2v) is 4.37. The number of methoxy groups -OCH3 is 1. The molecule has 18 heavy (non-hydrogen) atoms. The average Bonchev–Trinajstić information content (AvgIpc) is 2.90. The lowest BCUT2D eigenvalue weighted by molar-refractivity contribution is -0.119. The summed E-state index contributed by atoms with van der Waals surface area (Å²) in [6.45, 7) is 0.862. The van der Waals surface area contributed by atoms with Crippen LogP contribution in [0.4, 0.5) is 10.1 Å². The van der Waals surface area contributed by atoms with Crippen LogP contribution >= 0.6 is 0 Å².